The molecule has 3 aromatic rings. The van der Waals surface area contributed by atoms with E-state index in [-0.39, 0.29) is 0 Å². The van der Waals surface area contributed by atoms with Gasteiger partial charge in [0.25, 0.3) is 0 Å². The second-order valence-electron chi connectivity index (χ2n) is 4.57. The zero-order chi connectivity index (χ0) is 13.9. The molecular weight excluding hydrogens is 270 g/mol. The number of aryl methyl sites for hydroxylation is 1. The molecule has 0 aliphatic rings. The highest BCUT2D eigenvalue weighted by molar-refractivity contribution is 6.16. The molecule has 0 atom stereocenters. The lowest BCUT2D eigenvalue weighted by Crippen LogP contribution is -1.98. The van der Waals surface area contributed by atoms with Crippen LogP contribution >= 0.6 is 11.6 Å². The number of nitrogens with zero attached hydrogens (tertiary/aromatic N) is 3. The van der Waals surface area contributed by atoms with E-state index >= 15 is 0 Å². The van der Waals surface area contributed by atoms with Crippen molar-refractivity contribution in [3.05, 3.63) is 66.0 Å². The molecule has 3 nitrogen and oxygen atoms in total. The van der Waals surface area contributed by atoms with Crippen LogP contribution in [-0.4, -0.2) is 15.0 Å². The van der Waals surface area contributed by atoms with Gasteiger partial charge in [-0.1, -0.05) is 42.5 Å². The first kappa shape index (κ1) is 12.9. The summed E-state index contributed by atoms with van der Waals surface area (Å²) in [6.45, 7) is 1.92. The molecule has 0 saturated heterocycles. The minimum atomic E-state index is 0.383. The number of halogens is 1. The Morgan fingerprint density at radius 2 is 1.55 bits per heavy atom. The van der Waals surface area contributed by atoms with E-state index in [1.165, 1.54) is 11.1 Å². The van der Waals surface area contributed by atoms with Crippen LogP contribution in [0.4, 0.5) is 0 Å². The summed E-state index contributed by atoms with van der Waals surface area (Å²) in [6, 6.07) is 18.5. The van der Waals surface area contributed by atoms with Crippen LogP contribution in [0.5, 0.6) is 0 Å². The summed E-state index contributed by atoms with van der Waals surface area (Å²) in [6.07, 6.45) is 0. The van der Waals surface area contributed by atoms with Crippen molar-refractivity contribution in [2.75, 3.05) is 0 Å². The third-order valence-corrected chi connectivity index (χ3v) is 3.46. The normalized spacial score (nSPS) is 10.7. The fourth-order valence-corrected chi connectivity index (χ4v) is 2.31. The van der Waals surface area contributed by atoms with Crippen molar-refractivity contribution < 1.29 is 0 Å². The fraction of sp³-hybridized carbons (Fsp3) is 0.125. The first-order valence-electron chi connectivity index (χ1n) is 6.42. The number of aromatic nitrogens is 3. The maximum absolute atomic E-state index is 5.82. The van der Waals surface area contributed by atoms with Crippen LogP contribution in [0.3, 0.4) is 0 Å². The minimum absolute atomic E-state index is 0.383. The zero-order valence-electron chi connectivity index (χ0n) is 11.1. The van der Waals surface area contributed by atoms with Gasteiger partial charge in [0.2, 0.25) is 0 Å². The van der Waals surface area contributed by atoms with Gasteiger partial charge in [0.15, 0.2) is 0 Å². The highest BCUT2D eigenvalue weighted by atomic mass is 35.5. The highest BCUT2D eigenvalue weighted by Gasteiger charge is 2.07. The van der Waals surface area contributed by atoms with Gasteiger partial charge in [0.05, 0.1) is 17.3 Å². The minimum Gasteiger partial charge on any atom is -0.153 e. The molecule has 0 bridgehead atoms. The van der Waals surface area contributed by atoms with Crippen LogP contribution < -0.4 is 0 Å². The van der Waals surface area contributed by atoms with Crippen molar-refractivity contribution in [1.82, 2.24) is 15.0 Å². The Labute approximate surface area is 122 Å². The number of hydrogen-bond acceptors (Lipinski definition) is 2. The third-order valence-electron chi connectivity index (χ3n) is 3.21. The lowest BCUT2D eigenvalue weighted by atomic mass is 10.1. The van der Waals surface area contributed by atoms with Gasteiger partial charge < -0.3 is 0 Å². The topological polar surface area (TPSA) is 30.7 Å². The summed E-state index contributed by atoms with van der Waals surface area (Å²) in [5.74, 6) is 0.383. The molecule has 0 aliphatic heterocycles. The van der Waals surface area contributed by atoms with E-state index in [9.17, 15) is 0 Å². The summed E-state index contributed by atoms with van der Waals surface area (Å²) >= 11 is 5.82. The molecule has 3 rings (SSSR count). The van der Waals surface area contributed by atoms with Crippen molar-refractivity contribution in [3.8, 4) is 16.8 Å². The van der Waals surface area contributed by atoms with Gasteiger partial charge in [0, 0.05) is 0 Å². The quantitative estimate of drug-likeness (QED) is 0.681. The molecule has 0 spiro atoms. The van der Waals surface area contributed by atoms with Crippen molar-refractivity contribution in [1.29, 1.82) is 0 Å². The van der Waals surface area contributed by atoms with Crippen molar-refractivity contribution >= 4 is 11.6 Å². The molecule has 4 heteroatoms. The molecule has 0 amide bonds. The number of hydrogen-bond donors (Lipinski definition) is 0. The maximum Gasteiger partial charge on any atom is 0.101 e. The summed E-state index contributed by atoms with van der Waals surface area (Å²) in [5.41, 5.74) is 5.00. The molecular formula is C16H14ClN3. The van der Waals surface area contributed by atoms with Gasteiger partial charge in [-0.15, -0.1) is 11.6 Å². The maximum atomic E-state index is 5.82. The smallest absolute Gasteiger partial charge is 0.101 e. The fourth-order valence-electron chi connectivity index (χ4n) is 2.07. The van der Waals surface area contributed by atoms with Gasteiger partial charge in [-0.2, -0.15) is 15.0 Å². The van der Waals surface area contributed by atoms with Gasteiger partial charge in [-0.05, 0) is 30.2 Å². The Balaban J connectivity index is 1.93. The summed E-state index contributed by atoms with van der Waals surface area (Å²) in [4.78, 5) is 1.63. The molecule has 1 aromatic heterocycles. The van der Waals surface area contributed by atoms with Gasteiger partial charge in [0.1, 0.15) is 5.69 Å². The summed E-state index contributed by atoms with van der Waals surface area (Å²) in [5, 5.41) is 8.75. The molecule has 2 aromatic carbocycles. The predicted octanol–water partition coefficient (Wildman–Crippen LogP) is 3.98. The van der Waals surface area contributed by atoms with Crippen LogP contribution in [0.1, 0.15) is 11.4 Å². The average Bonchev–Trinajstić information content (AvgIpc) is 2.89. The second kappa shape index (κ2) is 5.47. The Kier molecular flexibility index (Phi) is 3.52. The van der Waals surface area contributed by atoms with Gasteiger partial charge in [-0.3, -0.25) is 0 Å². The van der Waals surface area contributed by atoms with Crippen LogP contribution in [0.15, 0.2) is 54.6 Å². The molecule has 0 fully saturated rings. The number of alkyl halides is 1. The third kappa shape index (κ3) is 2.45. The summed E-state index contributed by atoms with van der Waals surface area (Å²) in [7, 11) is 0. The molecule has 0 radical (unpaired) electrons. The van der Waals surface area contributed by atoms with Crippen molar-refractivity contribution in [2.45, 2.75) is 12.8 Å². The Morgan fingerprint density at radius 3 is 2.15 bits per heavy atom. The summed E-state index contributed by atoms with van der Waals surface area (Å²) < 4.78 is 0. The van der Waals surface area contributed by atoms with Crippen LogP contribution in [0.2, 0.25) is 0 Å². The van der Waals surface area contributed by atoms with E-state index in [2.05, 4.69) is 34.5 Å². The Hall–Kier alpha value is -2.13. The molecule has 100 valence electrons. The second-order valence-corrected chi connectivity index (χ2v) is 4.84. The van der Waals surface area contributed by atoms with Crippen LogP contribution in [-0.2, 0) is 5.88 Å². The van der Waals surface area contributed by atoms with Crippen molar-refractivity contribution in [2.24, 2.45) is 0 Å². The molecule has 20 heavy (non-hydrogen) atoms. The van der Waals surface area contributed by atoms with E-state index < -0.39 is 0 Å². The van der Waals surface area contributed by atoms with E-state index in [0.29, 0.717) is 5.88 Å². The number of rotatable bonds is 3. The lowest BCUT2D eigenvalue weighted by molar-refractivity contribution is 0.740. The standard InChI is InChI=1S/C16H14ClN3/c1-12-16(11-17)19-20(18-12)15-9-7-14(8-10-15)13-5-3-2-4-6-13/h2-10H,11H2,1H3. The highest BCUT2D eigenvalue weighted by Crippen LogP contribution is 2.20. The molecule has 1 heterocycles. The van der Waals surface area contributed by atoms with Gasteiger partial charge in [-0.25, -0.2) is 0 Å². The van der Waals surface area contributed by atoms with E-state index in [4.69, 9.17) is 11.6 Å². The van der Waals surface area contributed by atoms with E-state index in [1.807, 2.05) is 37.3 Å². The lowest BCUT2D eigenvalue weighted by Gasteiger charge is -2.03. The van der Waals surface area contributed by atoms with Gasteiger partial charge >= 0.3 is 0 Å². The first-order chi connectivity index (χ1) is 9.78. The SMILES string of the molecule is Cc1nn(-c2ccc(-c3ccccc3)cc2)nc1CCl. The Morgan fingerprint density at radius 1 is 0.900 bits per heavy atom. The monoisotopic (exact) mass is 283 g/mol. The Bertz CT molecular complexity index is 702. The molecule has 0 aliphatic carbocycles. The largest absolute Gasteiger partial charge is 0.153 e. The van der Waals surface area contributed by atoms with E-state index in [1.54, 1.807) is 4.80 Å². The zero-order valence-corrected chi connectivity index (χ0v) is 11.9. The molecule has 0 N–H and O–H groups in total. The average molecular weight is 284 g/mol. The first-order valence-corrected chi connectivity index (χ1v) is 6.96. The van der Waals surface area contributed by atoms with Crippen LogP contribution in [0.25, 0.3) is 16.8 Å². The number of benzene rings is 2. The molecule has 0 unspecified atom stereocenters. The van der Waals surface area contributed by atoms with E-state index in [0.717, 1.165) is 17.1 Å². The predicted molar refractivity (Wildman–Crippen MR) is 81.1 cm³/mol. The molecule has 0 saturated carbocycles. The van der Waals surface area contributed by atoms with Crippen molar-refractivity contribution in [3.63, 3.8) is 0 Å². The van der Waals surface area contributed by atoms with Crippen LogP contribution in [0, 0.1) is 6.92 Å².